The van der Waals surface area contributed by atoms with Crippen LogP contribution in [0.15, 0.2) is 36.7 Å². The van der Waals surface area contributed by atoms with Crippen LogP contribution < -0.4 is 20.1 Å². The van der Waals surface area contributed by atoms with Gasteiger partial charge in [0.25, 0.3) is 11.8 Å². The number of hydrogen-bond acceptors (Lipinski definition) is 6. The number of carbonyl (C=O) groups excluding carboxylic acids is 3. The van der Waals surface area contributed by atoms with Gasteiger partial charge >= 0.3 is 0 Å². The summed E-state index contributed by atoms with van der Waals surface area (Å²) in [6.07, 6.45) is 5.47. The fourth-order valence-corrected chi connectivity index (χ4v) is 4.15. The molecule has 1 aliphatic carbocycles. The highest BCUT2D eigenvalue weighted by molar-refractivity contribution is 6.05. The molecule has 0 radical (unpaired) electrons. The van der Waals surface area contributed by atoms with Gasteiger partial charge in [-0.05, 0) is 30.9 Å². The third-order valence-electron chi connectivity index (χ3n) is 5.96. The lowest BCUT2D eigenvalue weighted by atomic mass is 10.1. The van der Waals surface area contributed by atoms with Gasteiger partial charge < -0.3 is 25.0 Å². The zero-order valence-electron chi connectivity index (χ0n) is 17.5. The molecular formula is C23H24N4O5. The molecule has 32 heavy (non-hydrogen) atoms. The first kappa shape index (κ1) is 20.3. The molecule has 2 aliphatic heterocycles. The zero-order valence-corrected chi connectivity index (χ0v) is 17.5. The van der Waals surface area contributed by atoms with E-state index in [9.17, 15) is 14.4 Å². The van der Waals surface area contributed by atoms with Gasteiger partial charge in [0.05, 0.1) is 25.5 Å². The predicted molar refractivity (Wildman–Crippen MR) is 114 cm³/mol. The molecule has 1 atom stereocenters. The van der Waals surface area contributed by atoms with E-state index < -0.39 is 12.0 Å². The first-order valence-corrected chi connectivity index (χ1v) is 10.7. The highest BCUT2D eigenvalue weighted by Gasteiger charge is 2.38. The fraction of sp³-hybridized carbons (Fsp3) is 0.391. The van der Waals surface area contributed by atoms with Crippen LogP contribution in [0.2, 0.25) is 0 Å². The number of fused-ring (bicyclic) bond motifs is 1. The zero-order chi connectivity index (χ0) is 22.2. The number of benzene rings is 1. The molecule has 1 saturated heterocycles. The van der Waals surface area contributed by atoms with Gasteiger partial charge in [0, 0.05) is 42.4 Å². The van der Waals surface area contributed by atoms with E-state index in [2.05, 4.69) is 4.98 Å². The normalized spacial score (nSPS) is 19.9. The van der Waals surface area contributed by atoms with Crippen molar-refractivity contribution in [2.75, 3.05) is 24.6 Å². The van der Waals surface area contributed by atoms with Crippen LogP contribution in [0, 0.1) is 5.92 Å². The van der Waals surface area contributed by atoms with E-state index >= 15 is 0 Å². The topological polar surface area (TPSA) is 115 Å². The van der Waals surface area contributed by atoms with Crippen LogP contribution >= 0.6 is 0 Å². The maximum Gasteiger partial charge on any atom is 0.268 e. The van der Waals surface area contributed by atoms with E-state index in [4.69, 9.17) is 15.2 Å². The van der Waals surface area contributed by atoms with Crippen LogP contribution in [0.3, 0.4) is 0 Å². The lowest BCUT2D eigenvalue weighted by Crippen LogP contribution is -2.34. The molecule has 0 bridgehead atoms. The molecule has 2 fully saturated rings. The summed E-state index contributed by atoms with van der Waals surface area (Å²) in [6.45, 7) is 1.23. The van der Waals surface area contributed by atoms with E-state index in [1.165, 1.54) is 17.7 Å². The van der Waals surface area contributed by atoms with E-state index in [-0.39, 0.29) is 24.9 Å². The number of nitrogens with zero attached hydrogens (tertiary/aromatic N) is 3. The Hall–Kier alpha value is -3.62. The van der Waals surface area contributed by atoms with Gasteiger partial charge in [-0.1, -0.05) is 6.07 Å². The number of anilines is 1. The fourth-order valence-electron chi connectivity index (χ4n) is 4.15. The summed E-state index contributed by atoms with van der Waals surface area (Å²) in [6, 6.07) is 7.02. The highest BCUT2D eigenvalue weighted by Crippen LogP contribution is 2.35. The number of primary amides is 1. The Kier molecular flexibility index (Phi) is 5.16. The van der Waals surface area contributed by atoms with Crippen molar-refractivity contribution in [3.63, 3.8) is 0 Å². The van der Waals surface area contributed by atoms with E-state index in [0.29, 0.717) is 48.2 Å². The first-order valence-electron chi connectivity index (χ1n) is 10.7. The van der Waals surface area contributed by atoms with Gasteiger partial charge in [-0.3, -0.25) is 19.4 Å². The van der Waals surface area contributed by atoms with Crippen molar-refractivity contribution in [1.82, 2.24) is 9.88 Å². The van der Waals surface area contributed by atoms with Crippen molar-refractivity contribution in [3.8, 4) is 11.5 Å². The van der Waals surface area contributed by atoms with Crippen LogP contribution in [0.5, 0.6) is 11.5 Å². The molecule has 2 N–H and O–H groups in total. The summed E-state index contributed by atoms with van der Waals surface area (Å²) in [5.74, 6) is 0.737. The number of amides is 3. The number of nitrogens with two attached hydrogens (primary N) is 1. The van der Waals surface area contributed by atoms with Gasteiger partial charge in [-0.25, -0.2) is 0 Å². The van der Waals surface area contributed by atoms with Crippen molar-refractivity contribution >= 4 is 23.4 Å². The standard InChI is InChI=1S/C23H24N4O5/c24-21(28)12-26-11-18-17(22(26)29)2-1-3-19(18)27-7-6-20(23(27)30)32-16-8-15(9-25-10-16)31-13-14-4-5-14/h1-3,8-10,14,20H,4-7,11-13H2,(H2,24,28)/t20-/m1/s1. The van der Waals surface area contributed by atoms with Crippen LogP contribution in [-0.2, 0) is 16.1 Å². The predicted octanol–water partition coefficient (Wildman–Crippen LogP) is 1.50. The number of carbonyl (C=O) groups is 3. The molecular weight excluding hydrogens is 412 g/mol. The van der Waals surface area contributed by atoms with Crippen LogP contribution in [-0.4, -0.2) is 53.4 Å². The second-order valence-electron chi connectivity index (χ2n) is 8.43. The van der Waals surface area contributed by atoms with Crippen molar-refractivity contribution < 1.29 is 23.9 Å². The molecule has 9 nitrogen and oxygen atoms in total. The lowest BCUT2D eigenvalue weighted by molar-refractivity contribution is -0.123. The summed E-state index contributed by atoms with van der Waals surface area (Å²) in [5.41, 5.74) is 7.15. The Balaban J connectivity index is 1.29. The average molecular weight is 436 g/mol. The smallest absolute Gasteiger partial charge is 0.268 e. The quantitative estimate of drug-likeness (QED) is 0.671. The Labute approximate surface area is 185 Å². The van der Waals surface area contributed by atoms with Crippen molar-refractivity contribution in [2.45, 2.75) is 31.9 Å². The van der Waals surface area contributed by atoms with Crippen LogP contribution in [0.4, 0.5) is 5.69 Å². The molecule has 5 rings (SSSR count). The number of hydrogen-bond donors (Lipinski definition) is 1. The molecule has 1 aromatic heterocycles. The number of pyridine rings is 1. The van der Waals surface area contributed by atoms with Crippen molar-refractivity contribution in [2.24, 2.45) is 11.7 Å². The van der Waals surface area contributed by atoms with Crippen LogP contribution in [0.25, 0.3) is 0 Å². The third-order valence-corrected chi connectivity index (χ3v) is 5.96. The van der Waals surface area contributed by atoms with Gasteiger partial charge in [0.15, 0.2) is 6.10 Å². The summed E-state index contributed by atoms with van der Waals surface area (Å²) in [7, 11) is 0. The Morgan fingerprint density at radius 1 is 1.16 bits per heavy atom. The minimum atomic E-state index is -0.648. The number of ether oxygens (including phenoxy) is 2. The molecule has 2 aromatic rings. The summed E-state index contributed by atoms with van der Waals surface area (Å²) in [4.78, 5) is 44.2. The summed E-state index contributed by atoms with van der Waals surface area (Å²) >= 11 is 0. The second-order valence-corrected chi connectivity index (χ2v) is 8.43. The summed E-state index contributed by atoms with van der Waals surface area (Å²) < 4.78 is 11.7. The molecule has 0 unspecified atom stereocenters. The van der Waals surface area contributed by atoms with E-state index in [1.54, 1.807) is 35.5 Å². The molecule has 3 aliphatic rings. The Morgan fingerprint density at radius 2 is 1.97 bits per heavy atom. The number of aromatic nitrogens is 1. The molecule has 1 aromatic carbocycles. The molecule has 3 amide bonds. The molecule has 1 saturated carbocycles. The minimum absolute atomic E-state index is 0.154. The Morgan fingerprint density at radius 3 is 2.75 bits per heavy atom. The maximum absolute atomic E-state index is 13.1. The SMILES string of the molecule is NC(=O)CN1Cc2c(cccc2N2CC[C@@H](Oc3cncc(OCC4CC4)c3)C2=O)C1=O. The Bertz CT molecular complexity index is 1080. The summed E-state index contributed by atoms with van der Waals surface area (Å²) in [5, 5.41) is 0. The number of rotatable bonds is 8. The van der Waals surface area contributed by atoms with E-state index in [1.807, 2.05) is 6.07 Å². The molecule has 9 heteroatoms. The highest BCUT2D eigenvalue weighted by atomic mass is 16.5. The third kappa shape index (κ3) is 3.98. The second kappa shape index (κ2) is 8.14. The lowest BCUT2D eigenvalue weighted by Gasteiger charge is -2.20. The first-order chi connectivity index (χ1) is 15.5. The molecule has 3 heterocycles. The van der Waals surface area contributed by atoms with Gasteiger partial charge in [0.1, 0.15) is 11.5 Å². The minimum Gasteiger partial charge on any atom is -0.492 e. The van der Waals surface area contributed by atoms with Gasteiger partial charge in [-0.2, -0.15) is 0 Å². The van der Waals surface area contributed by atoms with Gasteiger partial charge in [0.2, 0.25) is 5.91 Å². The van der Waals surface area contributed by atoms with Crippen molar-refractivity contribution in [1.29, 1.82) is 0 Å². The average Bonchev–Trinajstić information content (AvgIpc) is 3.47. The molecule has 166 valence electrons. The van der Waals surface area contributed by atoms with Crippen molar-refractivity contribution in [3.05, 3.63) is 47.8 Å². The monoisotopic (exact) mass is 436 g/mol. The largest absolute Gasteiger partial charge is 0.492 e. The van der Waals surface area contributed by atoms with E-state index in [0.717, 1.165) is 5.56 Å². The maximum atomic E-state index is 13.1. The van der Waals surface area contributed by atoms with Crippen LogP contribution in [0.1, 0.15) is 35.2 Å². The molecule has 0 spiro atoms. The van der Waals surface area contributed by atoms with Gasteiger partial charge in [-0.15, -0.1) is 0 Å².